The molecule has 0 fully saturated rings. The number of carbonyl (C=O) groups excluding carboxylic acids is 5. The molecule has 0 radical (unpaired) electrons. The molecule has 0 heterocycles. The molecule has 0 aliphatic heterocycles. The summed E-state index contributed by atoms with van der Waals surface area (Å²) in [7, 11) is 1.15. The average Bonchev–Trinajstić information content (AvgIpc) is 2.72. The first kappa shape index (κ1) is 28.8. The monoisotopic (exact) mass is 464 g/mol. The van der Waals surface area contributed by atoms with Gasteiger partial charge in [0, 0.05) is 37.5 Å². The Balaban J connectivity index is 4.44. The van der Waals surface area contributed by atoms with Gasteiger partial charge in [0.25, 0.3) is 0 Å². The minimum absolute atomic E-state index is 0.0411. The lowest BCUT2D eigenvalue weighted by Crippen LogP contribution is -2.47. The second-order valence-corrected chi connectivity index (χ2v) is 8.44. The first-order chi connectivity index (χ1) is 14.4. The number of thioether (sulfide) groups is 1. The SMILES string of the molecule is COC(=O)[C@H](CSC(=O)CCCOC(C)=O)NC(=O)CCNC(=O)[C@H](O)C(C)(C)CO. The van der Waals surface area contributed by atoms with Gasteiger partial charge in [-0.25, -0.2) is 4.79 Å². The average molecular weight is 465 g/mol. The van der Waals surface area contributed by atoms with Gasteiger partial charge in [0.1, 0.15) is 12.1 Å². The van der Waals surface area contributed by atoms with Crippen LogP contribution in [-0.2, 0) is 33.4 Å². The van der Waals surface area contributed by atoms with Crippen molar-refractivity contribution >= 4 is 40.6 Å². The number of rotatable bonds is 14. The maximum absolute atomic E-state index is 12.1. The second-order valence-electron chi connectivity index (χ2n) is 7.36. The lowest BCUT2D eigenvalue weighted by molar-refractivity contribution is -0.144. The molecule has 0 aromatic heterocycles. The molecule has 0 aromatic carbocycles. The number of ether oxygens (including phenoxy) is 2. The van der Waals surface area contributed by atoms with E-state index in [1.807, 2.05) is 0 Å². The number of hydrogen-bond acceptors (Lipinski definition) is 10. The molecule has 0 aliphatic rings. The first-order valence-corrected chi connectivity index (χ1v) is 10.7. The van der Waals surface area contributed by atoms with Crippen LogP contribution in [-0.4, -0.2) is 83.8 Å². The second kappa shape index (κ2) is 14.8. The molecule has 0 aromatic rings. The number of carbonyl (C=O) groups is 5. The van der Waals surface area contributed by atoms with Crippen LogP contribution in [0, 0.1) is 5.41 Å². The third-order valence-corrected chi connectivity index (χ3v) is 5.14. The zero-order chi connectivity index (χ0) is 24.0. The van der Waals surface area contributed by atoms with E-state index >= 15 is 0 Å². The first-order valence-electron chi connectivity index (χ1n) is 9.67. The number of hydrogen-bond donors (Lipinski definition) is 4. The van der Waals surface area contributed by atoms with E-state index in [-0.39, 0.29) is 36.9 Å². The van der Waals surface area contributed by atoms with E-state index in [1.54, 1.807) is 0 Å². The van der Waals surface area contributed by atoms with Crippen molar-refractivity contribution < 1.29 is 43.7 Å². The van der Waals surface area contributed by atoms with Crippen molar-refractivity contribution in [2.75, 3.05) is 32.6 Å². The zero-order valence-corrected chi connectivity index (χ0v) is 19.1. The molecule has 0 saturated heterocycles. The summed E-state index contributed by atoms with van der Waals surface area (Å²) in [6, 6.07) is -1.06. The number of methoxy groups -OCH3 is 1. The topological polar surface area (TPSA) is 168 Å². The molecule has 0 spiro atoms. The summed E-state index contributed by atoms with van der Waals surface area (Å²) in [5.41, 5.74) is -1.04. The van der Waals surface area contributed by atoms with Gasteiger partial charge >= 0.3 is 11.9 Å². The Morgan fingerprint density at radius 1 is 1.13 bits per heavy atom. The molecule has 0 saturated carbocycles. The van der Waals surface area contributed by atoms with Gasteiger partial charge in [-0.3, -0.25) is 19.2 Å². The van der Waals surface area contributed by atoms with Crippen LogP contribution in [0.3, 0.4) is 0 Å². The third-order valence-electron chi connectivity index (χ3n) is 4.11. The van der Waals surface area contributed by atoms with E-state index in [0.29, 0.717) is 6.42 Å². The summed E-state index contributed by atoms with van der Waals surface area (Å²) >= 11 is 0.845. The fourth-order valence-corrected chi connectivity index (χ4v) is 2.96. The molecule has 2 atom stereocenters. The summed E-state index contributed by atoms with van der Waals surface area (Å²) in [5.74, 6) is -2.49. The Morgan fingerprint density at radius 3 is 2.32 bits per heavy atom. The van der Waals surface area contributed by atoms with Crippen LogP contribution in [0.5, 0.6) is 0 Å². The van der Waals surface area contributed by atoms with Crippen LogP contribution in [0.4, 0.5) is 0 Å². The lowest BCUT2D eigenvalue weighted by Gasteiger charge is -2.27. The maximum Gasteiger partial charge on any atom is 0.329 e. The standard InChI is InChI=1S/C19H32N2O9S/c1-12(23)30-9-5-6-15(25)31-10-13(18(28)29-4)21-14(24)7-8-20-17(27)16(26)19(2,3)11-22/h13,16,22,26H,5-11H2,1-4H3,(H,20,27)(H,21,24)/t13-,16-/m0/s1. The maximum atomic E-state index is 12.1. The number of amides is 2. The van der Waals surface area contributed by atoms with Gasteiger partial charge in [-0.2, -0.15) is 0 Å². The van der Waals surface area contributed by atoms with Gasteiger partial charge < -0.3 is 30.3 Å². The number of aliphatic hydroxyl groups is 2. The fraction of sp³-hybridized carbons (Fsp3) is 0.737. The van der Waals surface area contributed by atoms with Crippen LogP contribution in [0.25, 0.3) is 0 Å². The third kappa shape index (κ3) is 12.3. The molecule has 0 aliphatic carbocycles. The fourth-order valence-electron chi connectivity index (χ4n) is 2.10. The van der Waals surface area contributed by atoms with Crippen LogP contribution in [0.2, 0.25) is 0 Å². The van der Waals surface area contributed by atoms with Crippen LogP contribution < -0.4 is 10.6 Å². The summed E-state index contributed by atoms with van der Waals surface area (Å²) in [6.45, 7) is 3.92. The zero-order valence-electron chi connectivity index (χ0n) is 18.3. The van der Waals surface area contributed by atoms with Crippen LogP contribution in [0.1, 0.15) is 40.0 Å². The largest absolute Gasteiger partial charge is 0.467 e. The Labute approximate surface area is 185 Å². The number of aliphatic hydroxyl groups excluding tert-OH is 2. The molecule has 0 rings (SSSR count). The summed E-state index contributed by atoms with van der Waals surface area (Å²) < 4.78 is 9.36. The Morgan fingerprint density at radius 2 is 1.77 bits per heavy atom. The normalized spacial score (nSPS) is 13.0. The molecule has 4 N–H and O–H groups in total. The van der Waals surface area contributed by atoms with Crippen molar-refractivity contribution in [1.82, 2.24) is 10.6 Å². The molecule has 2 amide bonds. The highest BCUT2D eigenvalue weighted by molar-refractivity contribution is 8.13. The van der Waals surface area contributed by atoms with Gasteiger partial charge in [0.05, 0.1) is 20.3 Å². The highest BCUT2D eigenvalue weighted by Gasteiger charge is 2.32. The van der Waals surface area contributed by atoms with Gasteiger partial charge in [0.15, 0.2) is 5.12 Å². The molecule has 12 heteroatoms. The van der Waals surface area contributed by atoms with Gasteiger partial charge in [-0.15, -0.1) is 0 Å². The Hall–Kier alpha value is -2.18. The summed E-state index contributed by atoms with van der Waals surface area (Å²) in [4.78, 5) is 58.4. The molecular formula is C19H32N2O9S. The van der Waals surface area contributed by atoms with Crippen LogP contribution in [0.15, 0.2) is 0 Å². The van der Waals surface area contributed by atoms with Gasteiger partial charge in [-0.05, 0) is 6.42 Å². The smallest absolute Gasteiger partial charge is 0.329 e. The van der Waals surface area contributed by atoms with E-state index in [0.717, 1.165) is 18.9 Å². The summed E-state index contributed by atoms with van der Waals surface area (Å²) in [6.07, 6.45) is -1.14. The minimum Gasteiger partial charge on any atom is -0.467 e. The van der Waals surface area contributed by atoms with Crippen molar-refractivity contribution in [3.8, 4) is 0 Å². The predicted octanol–water partition coefficient (Wildman–Crippen LogP) is -0.867. The minimum atomic E-state index is -1.45. The van der Waals surface area contributed by atoms with Crippen molar-refractivity contribution in [2.24, 2.45) is 5.41 Å². The van der Waals surface area contributed by atoms with E-state index < -0.39 is 47.9 Å². The predicted molar refractivity (Wildman–Crippen MR) is 112 cm³/mol. The van der Waals surface area contributed by atoms with Crippen LogP contribution >= 0.6 is 11.8 Å². The Bertz CT molecular complexity index is 640. The highest BCUT2D eigenvalue weighted by atomic mass is 32.2. The van der Waals surface area contributed by atoms with E-state index in [2.05, 4.69) is 15.4 Å². The molecule has 0 unspecified atom stereocenters. The van der Waals surface area contributed by atoms with Crippen molar-refractivity contribution in [3.05, 3.63) is 0 Å². The molecule has 11 nitrogen and oxygen atoms in total. The quantitative estimate of drug-likeness (QED) is 0.187. The van der Waals surface area contributed by atoms with Crippen molar-refractivity contribution in [3.63, 3.8) is 0 Å². The van der Waals surface area contributed by atoms with E-state index in [9.17, 15) is 34.2 Å². The van der Waals surface area contributed by atoms with E-state index in [1.165, 1.54) is 20.8 Å². The van der Waals surface area contributed by atoms with E-state index in [4.69, 9.17) is 4.74 Å². The van der Waals surface area contributed by atoms with Gasteiger partial charge in [0.2, 0.25) is 11.8 Å². The molecule has 31 heavy (non-hydrogen) atoms. The molecule has 0 bridgehead atoms. The molecular weight excluding hydrogens is 432 g/mol. The number of esters is 2. The summed E-state index contributed by atoms with van der Waals surface area (Å²) in [5, 5.41) is 23.7. The van der Waals surface area contributed by atoms with Gasteiger partial charge in [-0.1, -0.05) is 25.6 Å². The lowest BCUT2D eigenvalue weighted by atomic mass is 9.87. The van der Waals surface area contributed by atoms with Crippen molar-refractivity contribution in [1.29, 1.82) is 0 Å². The molecule has 178 valence electrons. The highest BCUT2D eigenvalue weighted by Crippen LogP contribution is 2.19. The Kier molecular flexibility index (Phi) is 13.7. The number of nitrogens with one attached hydrogen (secondary N) is 2. The van der Waals surface area contributed by atoms with Crippen molar-refractivity contribution in [2.45, 2.75) is 52.2 Å².